The summed E-state index contributed by atoms with van der Waals surface area (Å²) in [6.45, 7) is 4.33. The third-order valence-corrected chi connectivity index (χ3v) is 4.11. The van der Waals surface area contributed by atoms with Crippen molar-refractivity contribution in [1.29, 1.82) is 0 Å². The number of hydrogen-bond donors (Lipinski definition) is 0. The first-order chi connectivity index (χ1) is 10.3. The van der Waals surface area contributed by atoms with E-state index in [2.05, 4.69) is 23.1 Å². The van der Waals surface area contributed by atoms with Gasteiger partial charge in [-0.1, -0.05) is 30.4 Å². The molecule has 0 saturated carbocycles. The molecule has 2 fully saturated rings. The molecule has 1 aromatic rings. The predicted octanol–water partition coefficient (Wildman–Crippen LogP) is 2.55. The Morgan fingerprint density at radius 2 is 2.10 bits per heavy atom. The van der Waals surface area contributed by atoms with Crippen LogP contribution in [0.25, 0.3) is 6.08 Å². The minimum Gasteiger partial charge on any atom is -0.496 e. The molecule has 1 aromatic carbocycles. The molecule has 3 rings (SSSR count). The van der Waals surface area contributed by atoms with Gasteiger partial charge in [0, 0.05) is 18.5 Å². The molecular formula is C17H23NO3. The maximum atomic E-state index is 5.80. The maximum absolute atomic E-state index is 5.80. The number of piperidine rings is 1. The Hall–Kier alpha value is -1.36. The average Bonchev–Trinajstić information content (AvgIpc) is 2.95. The summed E-state index contributed by atoms with van der Waals surface area (Å²) >= 11 is 0. The van der Waals surface area contributed by atoms with Crippen molar-refractivity contribution in [2.45, 2.75) is 18.6 Å². The second kappa shape index (κ2) is 6.60. The Bertz CT molecular complexity index is 495. The molecule has 0 radical (unpaired) electrons. The van der Waals surface area contributed by atoms with E-state index in [1.54, 1.807) is 7.11 Å². The topological polar surface area (TPSA) is 30.9 Å². The third-order valence-electron chi connectivity index (χ3n) is 4.11. The number of likely N-dealkylation sites (tertiary alicyclic amines) is 1. The van der Waals surface area contributed by atoms with Crippen LogP contribution in [-0.4, -0.2) is 50.6 Å². The van der Waals surface area contributed by atoms with E-state index in [4.69, 9.17) is 14.2 Å². The van der Waals surface area contributed by atoms with Crippen LogP contribution in [0.2, 0.25) is 0 Å². The van der Waals surface area contributed by atoms with Gasteiger partial charge in [-0.3, -0.25) is 4.90 Å². The van der Waals surface area contributed by atoms with E-state index in [1.165, 1.54) is 0 Å². The van der Waals surface area contributed by atoms with Gasteiger partial charge in [0.25, 0.3) is 0 Å². The molecule has 0 aromatic heterocycles. The lowest BCUT2D eigenvalue weighted by Gasteiger charge is -2.38. The number of hydrogen-bond acceptors (Lipinski definition) is 4. The Morgan fingerprint density at radius 3 is 2.90 bits per heavy atom. The SMILES string of the molecule is COc1ccccc1C=CCN1CCCC2(C1)OCCO2. The van der Waals surface area contributed by atoms with Crippen LogP contribution in [0.1, 0.15) is 18.4 Å². The smallest absolute Gasteiger partial charge is 0.181 e. The fourth-order valence-electron chi connectivity index (χ4n) is 3.09. The first kappa shape index (κ1) is 14.6. The fraction of sp³-hybridized carbons (Fsp3) is 0.529. The van der Waals surface area contributed by atoms with Crippen molar-refractivity contribution in [3.05, 3.63) is 35.9 Å². The van der Waals surface area contributed by atoms with Gasteiger partial charge in [-0.15, -0.1) is 0 Å². The number of rotatable bonds is 4. The molecule has 2 aliphatic heterocycles. The van der Waals surface area contributed by atoms with E-state index in [-0.39, 0.29) is 5.79 Å². The van der Waals surface area contributed by atoms with Crippen molar-refractivity contribution < 1.29 is 14.2 Å². The Balaban J connectivity index is 1.58. The largest absolute Gasteiger partial charge is 0.496 e. The van der Waals surface area contributed by atoms with Gasteiger partial charge < -0.3 is 14.2 Å². The molecule has 2 saturated heterocycles. The normalized spacial score (nSPS) is 22.1. The van der Waals surface area contributed by atoms with Crippen LogP contribution in [0.4, 0.5) is 0 Å². The second-order valence-corrected chi connectivity index (χ2v) is 5.59. The summed E-state index contributed by atoms with van der Waals surface area (Å²) in [6, 6.07) is 8.06. The molecular weight excluding hydrogens is 266 g/mol. The van der Waals surface area contributed by atoms with E-state index < -0.39 is 0 Å². The zero-order chi connectivity index (χ0) is 14.5. The number of methoxy groups -OCH3 is 1. The number of para-hydroxylation sites is 1. The number of benzene rings is 1. The van der Waals surface area contributed by atoms with Gasteiger partial charge in [-0.2, -0.15) is 0 Å². The average molecular weight is 289 g/mol. The molecule has 0 unspecified atom stereocenters. The highest BCUT2D eigenvalue weighted by Gasteiger charge is 2.40. The first-order valence-corrected chi connectivity index (χ1v) is 7.61. The van der Waals surface area contributed by atoms with Crippen molar-refractivity contribution in [1.82, 2.24) is 4.90 Å². The van der Waals surface area contributed by atoms with Gasteiger partial charge in [0.05, 0.1) is 26.9 Å². The molecule has 0 amide bonds. The number of nitrogens with zero attached hydrogens (tertiary/aromatic N) is 1. The Labute approximate surface area is 126 Å². The van der Waals surface area contributed by atoms with Gasteiger partial charge in [0.2, 0.25) is 0 Å². The van der Waals surface area contributed by atoms with Gasteiger partial charge in [-0.25, -0.2) is 0 Å². The quantitative estimate of drug-likeness (QED) is 0.852. The van der Waals surface area contributed by atoms with Crippen LogP contribution in [0.5, 0.6) is 5.75 Å². The summed E-state index contributed by atoms with van der Waals surface area (Å²) in [7, 11) is 1.70. The highest BCUT2D eigenvalue weighted by Crippen LogP contribution is 2.30. The van der Waals surface area contributed by atoms with E-state index in [9.17, 15) is 0 Å². The maximum Gasteiger partial charge on any atom is 0.181 e. The van der Waals surface area contributed by atoms with Crippen molar-refractivity contribution in [2.24, 2.45) is 0 Å². The molecule has 0 bridgehead atoms. The molecule has 0 N–H and O–H groups in total. The zero-order valence-electron chi connectivity index (χ0n) is 12.6. The van der Waals surface area contributed by atoms with Gasteiger partial charge >= 0.3 is 0 Å². The molecule has 2 heterocycles. The Kier molecular flexibility index (Phi) is 4.58. The standard InChI is InChI=1S/C17H23NO3/c1-19-16-8-3-2-6-15(16)7-4-10-18-11-5-9-17(14-18)20-12-13-21-17/h2-4,6-8H,5,9-14H2,1H3. The highest BCUT2D eigenvalue weighted by molar-refractivity contribution is 5.57. The van der Waals surface area contributed by atoms with Gasteiger partial charge in [-0.05, 0) is 19.0 Å². The van der Waals surface area contributed by atoms with Crippen LogP contribution < -0.4 is 4.74 Å². The van der Waals surface area contributed by atoms with E-state index in [0.29, 0.717) is 0 Å². The minimum atomic E-state index is -0.337. The molecule has 4 heteroatoms. The van der Waals surface area contributed by atoms with Crippen molar-refractivity contribution in [2.75, 3.05) is 40.0 Å². The highest BCUT2D eigenvalue weighted by atomic mass is 16.7. The zero-order valence-corrected chi connectivity index (χ0v) is 12.6. The van der Waals surface area contributed by atoms with E-state index in [1.807, 2.05) is 18.2 Å². The molecule has 0 atom stereocenters. The Morgan fingerprint density at radius 1 is 1.29 bits per heavy atom. The summed E-state index contributed by atoms with van der Waals surface area (Å²) in [5.41, 5.74) is 1.11. The molecule has 0 aliphatic carbocycles. The van der Waals surface area contributed by atoms with E-state index >= 15 is 0 Å². The fourth-order valence-corrected chi connectivity index (χ4v) is 3.09. The summed E-state index contributed by atoms with van der Waals surface area (Å²) in [5, 5.41) is 0. The van der Waals surface area contributed by atoms with E-state index in [0.717, 1.165) is 57.0 Å². The first-order valence-electron chi connectivity index (χ1n) is 7.61. The van der Waals surface area contributed by atoms with Crippen LogP contribution in [0.15, 0.2) is 30.3 Å². The second-order valence-electron chi connectivity index (χ2n) is 5.59. The summed E-state index contributed by atoms with van der Waals surface area (Å²) < 4.78 is 17.0. The van der Waals surface area contributed by atoms with Crippen LogP contribution in [0.3, 0.4) is 0 Å². The lowest BCUT2D eigenvalue weighted by Crippen LogP contribution is -2.48. The molecule has 1 spiro atoms. The van der Waals surface area contributed by atoms with Crippen molar-refractivity contribution in [3.8, 4) is 5.75 Å². The molecule has 4 nitrogen and oxygen atoms in total. The van der Waals surface area contributed by atoms with Gasteiger partial charge in [0.15, 0.2) is 5.79 Å². The van der Waals surface area contributed by atoms with Crippen molar-refractivity contribution >= 4 is 6.08 Å². The third kappa shape index (κ3) is 3.46. The summed E-state index contributed by atoms with van der Waals surface area (Å²) in [4.78, 5) is 2.39. The minimum absolute atomic E-state index is 0.337. The van der Waals surface area contributed by atoms with Gasteiger partial charge in [0.1, 0.15) is 5.75 Å². The monoisotopic (exact) mass is 289 g/mol. The summed E-state index contributed by atoms with van der Waals surface area (Å²) in [5.74, 6) is 0.572. The predicted molar refractivity (Wildman–Crippen MR) is 82.3 cm³/mol. The summed E-state index contributed by atoms with van der Waals surface area (Å²) in [6.07, 6.45) is 6.45. The lowest BCUT2D eigenvalue weighted by atomic mass is 10.0. The lowest BCUT2D eigenvalue weighted by molar-refractivity contribution is -0.188. The molecule has 2 aliphatic rings. The molecule has 114 valence electrons. The molecule has 21 heavy (non-hydrogen) atoms. The van der Waals surface area contributed by atoms with Crippen LogP contribution in [0, 0.1) is 0 Å². The number of ether oxygens (including phenoxy) is 3. The van der Waals surface area contributed by atoms with Crippen LogP contribution >= 0.6 is 0 Å². The van der Waals surface area contributed by atoms with Crippen LogP contribution in [-0.2, 0) is 9.47 Å². The van der Waals surface area contributed by atoms with Crippen molar-refractivity contribution in [3.63, 3.8) is 0 Å².